The molecule has 0 aliphatic carbocycles. The Morgan fingerprint density at radius 1 is 1.03 bits per heavy atom. The van der Waals surface area contributed by atoms with Gasteiger partial charge in [0.15, 0.2) is 0 Å². The van der Waals surface area contributed by atoms with Gasteiger partial charge in [0.1, 0.15) is 24.2 Å². The van der Waals surface area contributed by atoms with Gasteiger partial charge < -0.3 is 20.4 Å². The number of nitrogens with one attached hydrogen (secondary N) is 3. The molecular formula is C27H27N7O2. The number of carbonyl (C=O) groups excluding carboxylic acids is 1. The first-order valence-corrected chi connectivity index (χ1v) is 11.7. The smallest absolute Gasteiger partial charge is 0.315 e. The number of rotatable bonds is 9. The number of amides is 2. The van der Waals surface area contributed by atoms with Gasteiger partial charge in [-0.2, -0.15) is 5.10 Å². The normalized spacial score (nSPS) is 11.8. The number of carbonyl (C=O) groups is 1. The molecule has 0 unspecified atom stereocenters. The highest BCUT2D eigenvalue weighted by Crippen LogP contribution is 2.21. The summed E-state index contributed by atoms with van der Waals surface area (Å²) in [4.78, 5) is 25.1. The van der Waals surface area contributed by atoms with Crippen molar-refractivity contribution in [2.75, 3.05) is 7.11 Å². The van der Waals surface area contributed by atoms with Gasteiger partial charge in [-0.3, -0.25) is 0 Å². The zero-order chi connectivity index (χ0) is 24.7. The van der Waals surface area contributed by atoms with Crippen LogP contribution in [-0.2, 0) is 19.5 Å². The number of aromatic amines is 1. The van der Waals surface area contributed by atoms with E-state index >= 15 is 0 Å². The largest absolute Gasteiger partial charge is 0.497 e. The maximum absolute atomic E-state index is 13.0. The highest BCUT2D eigenvalue weighted by molar-refractivity contribution is 5.76. The Bertz CT molecular complexity index is 1400. The maximum Gasteiger partial charge on any atom is 0.315 e. The molecule has 9 heteroatoms. The van der Waals surface area contributed by atoms with Crippen LogP contribution in [0.5, 0.6) is 5.75 Å². The minimum absolute atomic E-state index is 0.274. The topological polar surface area (TPSA) is 110 Å². The van der Waals surface area contributed by atoms with Gasteiger partial charge in [0.25, 0.3) is 0 Å². The van der Waals surface area contributed by atoms with E-state index in [1.807, 2.05) is 72.8 Å². The fourth-order valence-corrected chi connectivity index (χ4v) is 4.11. The Morgan fingerprint density at radius 2 is 1.81 bits per heavy atom. The van der Waals surface area contributed by atoms with Crippen LogP contribution in [0, 0.1) is 0 Å². The lowest BCUT2D eigenvalue weighted by Crippen LogP contribution is -2.39. The number of hydrogen-bond acceptors (Lipinski definition) is 5. The van der Waals surface area contributed by atoms with E-state index in [2.05, 4.69) is 25.7 Å². The molecule has 0 saturated heterocycles. The third-order valence-electron chi connectivity index (χ3n) is 6.00. The van der Waals surface area contributed by atoms with Gasteiger partial charge >= 0.3 is 6.03 Å². The third kappa shape index (κ3) is 5.52. The maximum atomic E-state index is 13.0. The number of nitrogens with zero attached hydrogens (tertiary/aromatic N) is 4. The van der Waals surface area contributed by atoms with Crippen molar-refractivity contribution in [2.24, 2.45) is 0 Å². The SMILES string of the molecule is COc1ccc(C[C@@H](NC(=O)NCc2ccccc2Cn2cncn2)c2nc3ccccc3[nH]2)cc1. The second-order valence-corrected chi connectivity index (χ2v) is 8.43. The zero-order valence-electron chi connectivity index (χ0n) is 19.9. The average Bonchev–Trinajstić information content (AvgIpc) is 3.58. The van der Waals surface area contributed by atoms with Crippen LogP contribution < -0.4 is 15.4 Å². The number of fused-ring (bicyclic) bond motifs is 1. The van der Waals surface area contributed by atoms with E-state index < -0.39 is 0 Å². The van der Waals surface area contributed by atoms with Crippen LogP contribution in [0.3, 0.4) is 0 Å². The number of hydrogen-bond donors (Lipinski definition) is 3. The first-order valence-electron chi connectivity index (χ1n) is 11.7. The number of imidazole rings is 1. The van der Waals surface area contributed by atoms with Crippen LogP contribution >= 0.6 is 0 Å². The number of para-hydroxylation sites is 2. The second kappa shape index (κ2) is 10.7. The summed E-state index contributed by atoms with van der Waals surface area (Å²) in [5.41, 5.74) is 4.92. The van der Waals surface area contributed by atoms with Crippen molar-refractivity contribution in [3.05, 3.63) is 108 Å². The van der Waals surface area contributed by atoms with Gasteiger partial charge in [-0.05, 0) is 47.4 Å². The Kier molecular flexibility index (Phi) is 6.88. The van der Waals surface area contributed by atoms with Gasteiger partial charge in [0, 0.05) is 6.54 Å². The summed E-state index contributed by atoms with van der Waals surface area (Å²) in [7, 11) is 1.64. The van der Waals surface area contributed by atoms with Crippen LogP contribution in [0.15, 0.2) is 85.5 Å². The van der Waals surface area contributed by atoms with Crippen molar-refractivity contribution < 1.29 is 9.53 Å². The molecule has 0 aliphatic heterocycles. The lowest BCUT2D eigenvalue weighted by molar-refractivity contribution is 0.236. The zero-order valence-corrected chi connectivity index (χ0v) is 19.9. The number of aromatic nitrogens is 5. The first kappa shape index (κ1) is 23.1. The molecule has 0 radical (unpaired) electrons. The fourth-order valence-electron chi connectivity index (χ4n) is 4.11. The Morgan fingerprint density at radius 3 is 2.56 bits per heavy atom. The van der Waals surface area contributed by atoms with E-state index in [1.165, 1.54) is 6.33 Å². The molecule has 0 bridgehead atoms. The molecule has 0 saturated carbocycles. The summed E-state index contributed by atoms with van der Waals surface area (Å²) in [6, 6.07) is 23.0. The van der Waals surface area contributed by atoms with Crippen LogP contribution in [-0.4, -0.2) is 37.9 Å². The van der Waals surface area contributed by atoms with Crippen LogP contribution in [0.1, 0.15) is 28.6 Å². The molecule has 2 heterocycles. The summed E-state index contributed by atoms with van der Waals surface area (Å²) in [6.07, 6.45) is 3.75. The molecule has 5 aromatic rings. The Hall–Kier alpha value is -4.66. The lowest BCUT2D eigenvalue weighted by Gasteiger charge is -2.18. The molecule has 0 fully saturated rings. The van der Waals surface area contributed by atoms with E-state index in [0.717, 1.165) is 33.5 Å². The van der Waals surface area contributed by atoms with Crippen molar-refractivity contribution in [3.63, 3.8) is 0 Å². The highest BCUT2D eigenvalue weighted by Gasteiger charge is 2.19. The van der Waals surface area contributed by atoms with Crippen LogP contribution in [0.25, 0.3) is 11.0 Å². The van der Waals surface area contributed by atoms with Crippen molar-refractivity contribution in [1.29, 1.82) is 0 Å². The second-order valence-electron chi connectivity index (χ2n) is 8.43. The van der Waals surface area contributed by atoms with Crippen molar-refractivity contribution in [2.45, 2.75) is 25.6 Å². The molecular weight excluding hydrogens is 454 g/mol. The molecule has 182 valence electrons. The van der Waals surface area contributed by atoms with Gasteiger partial charge in [0.05, 0.1) is 30.7 Å². The molecule has 1 atom stereocenters. The van der Waals surface area contributed by atoms with Crippen molar-refractivity contribution in [3.8, 4) is 5.75 Å². The fraction of sp³-hybridized carbons (Fsp3) is 0.185. The summed E-state index contributed by atoms with van der Waals surface area (Å²) >= 11 is 0. The summed E-state index contributed by atoms with van der Waals surface area (Å²) < 4.78 is 7.03. The molecule has 0 aliphatic rings. The third-order valence-corrected chi connectivity index (χ3v) is 6.00. The monoisotopic (exact) mass is 481 g/mol. The Labute approximate surface area is 208 Å². The molecule has 2 amide bonds. The molecule has 3 aromatic carbocycles. The molecule has 36 heavy (non-hydrogen) atoms. The lowest BCUT2D eigenvalue weighted by atomic mass is 10.1. The minimum atomic E-state index is -0.351. The van der Waals surface area contributed by atoms with E-state index in [4.69, 9.17) is 9.72 Å². The van der Waals surface area contributed by atoms with Crippen LogP contribution in [0.2, 0.25) is 0 Å². The number of ether oxygens (including phenoxy) is 1. The first-order chi connectivity index (χ1) is 17.7. The molecule has 2 aromatic heterocycles. The molecule has 9 nitrogen and oxygen atoms in total. The van der Waals surface area contributed by atoms with E-state index in [9.17, 15) is 4.79 Å². The van der Waals surface area contributed by atoms with Gasteiger partial charge in [-0.25, -0.2) is 19.4 Å². The van der Waals surface area contributed by atoms with Crippen molar-refractivity contribution in [1.82, 2.24) is 35.4 Å². The molecule has 3 N–H and O–H groups in total. The number of urea groups is 1. The molecule has 5 rings (SSSR count). The number of methoxy groups -OCH3 is 1. The predicted octanol–water partition coefficient (Wildman–Crippen LogP) is 3.99. The van der Waals surface area contributed by atoms with Crippen molar-refractivity contribution >= 4 is 17.1 Å². The quantitative estimate of drug-likeness (QED) is 0.295. The van der Waals surface area contributed by atoms with Gasteiger partial charge in [0.2, 0.25) is 0 Å². The standard InChI is InChI=1S/C27H27N7O2/c1-36-22-12-10-19(11-13-22)14-25(26-31-23-8-4-5-9-24(23)32-26)33-27(35)29-15-20-6-2-3-7-21(20)16-34-18-28-17-30-34/h2-13,17-18,25H,14-16H2,1H3,(H,31,32)(H2,29,33,35)/t25-/m1/s1. The van der Waals surface area contributed by atoms with E-state index in [1.54, 1.807) is 18.1 Å². The highest BCUT2D eigenvalue weighted by atomic mass is 16.5. The van der Waals surface area contributed by atoms with Gasteiger partial charge in [-0.15, -0.1) is 0 Å². The summed E-state index contributed by atoms with van der Waals surface area (Å²) in [5, 5.41) is 10.3. The minimum Gasteiger partial charge on any atom is -0.497 e. The summed E-state index contributed by atoms with van der Waals surface area (Å²) in [6.45, 7) is 0.963. The van der Waals surface area contributed by atoms with Crippen LogP contribution in [0.4, 0.5) is 4.79 Å². The van der Waals surface area contributed by atoms with Gasteiger partial charge in [-0.1, -0.05) is 48.5 Å². The number of H-pyrrole nitrogens is 1. The molecule has 0 spiro atoms. The Balaban J connectivity index is 1.31. The predicted molar refractivity (Wildman–Crippen MR) is 136 cm³/mol. The average molecular weight is 482 g/mol. The summed E-state index contributed by atoms with van der Waals surface area (Å²) in [5.74, 6) is 1.49. The number of benzene rings is 3. The van der Waals surface area contributed by atoms with E-state index in [-0.39, 0.29) is 12.1 Å². The van der Waals surface area contributed by atoms with E-state index in [0.29, 0.717) is 25.3 Å².